The van der Waals surface area contributed by atoms with E-state index in [2.05, 4.69) is 166 Å². The van der Waals surface area contributed by atoms with Crippen molar-refractivity contribution in [2.75, 3.05) is 0 Å². The fraction of sp³-hybridized carbons (Fsp3) is 0.105. The summed E-state index contributed by atoms with van der Waals surface area (Å²) >= 11 is 0. The van der Waals surface area contributed by atoms with E-state index in [9.17, 15) is 5.11 Å². The first-order chi connectivity index (χ1) is 30.0. The highest BCUT2D eigenvalue weighted by Crippen LogP contribution is 2.48. The summed E-state index contributed by atoms with van der Waals surface area (Å²) in [6.45, 7) is 7.67. The third kappa shape index (κ3) is 6.47. The molecule has 5 heteroatoms. The predicted octanol–water partition coefficient (Wildman–Crippen LogP) is 13.5. The number of hydrogen-bond acceptors (Lipinski definition) is 2. The molecule has 0 bridgehead atoms. The molecule has 10 rings (SSSR count). The summed E-state index contributed by atoms with van der Waals surface area (Å²) in [6, 6.07) is 66.9. The summed E-state index contributed by atoms with van der Waals surface area (Å²) in [4.78, 5) is 4.91. The zero-order chi connectivity index (χ0) is 42.8. The van der Waals surface area contributed by atoms with E-state index in [1.165, 1.54) is 71.6 Å². The van der Waals surface area contributed by atoms with Gasteiger partial charge < -0.3 is 5.11 Å². The maximum atomic E-state index is 11.2. The van der Waals surface area contributed by atoms with E-state index in [1.807, 2.05) is 41.0 Å². The molecule has 9 aromatic carbocycles. The molecule has 3 nitrogen and oxygen atoms in total. The van der Waals surface area contributed by atoms with Crippen LogP contribution in [0, 0.1) is 13.8 Å². The Morgan fingerprint density at radius 2 is 1.02 bits per heavy atom. The van der Waals surface area contributed by atoms with Crippen LogP contribution in [0.15, 0.2) is 188 Å². The quantitative estimate of drug-likeness (QED) is 0.123. The third-order valence-electron chi connectivity index (χ3n) is 12.7. The van der Waals surface area contributed by atoms with Crippen LogP contribution in [0.1, 0.15) is 30.8 Å². The van der Waals surface area contributed by atoms with Crippen LogP contribution in [-0.4, -0.2) is 36.0 Å². The Morgan fingerprint density at radius 1 is 0.452 bits per heavy atom. The number of hydrogen-bond donors (Lipinski definition) is 1. The van der Waals surface area contributed by atoms with Crippen molar-refractivity contribution in [1.82, 2.24) is 9.55 Å². The monoisotopic (exact) mass is 794 g/mol. The van der Waals surface area contributed by atoms with Gasteiger partial charge in [0, 0.05) is 5.56 Å². The second-order valence-electron chi connectivity index (χ2n) is 17.0. The van der Waals surface area contributed by atoms with E-state index >= 15 is 0 Å². The lowest BCUT2D eigenvalue weighted by molar-refractivity contribution is 0.0575. The van der Waals surface area contributed by atoms with Gasteiger partial charge in [0.05, 0.1) is 38.0 Å². The topological polar surface area (TPSA) is 38.0 Å². The van der Waals surface area contributed by atoms with Gasteiger partial charge in [0.1, 0.15) is 5.82 Å². The number of aliphatic hydroxyl groups is 1. The summed E-state index contributed by atoms with van der Waals surface area (Å²) in [5, 5.41) is 14.3. The fourth-order valence-corrected chi connectivity index (χ4v) is 9.23. The Morgan fingerprint density at radius 3 is 1.76 bits per heavy atom. The number of rotatable bonds is 8. The van der Waals surface area contributed by atoms with E-state index in [4.69, 9.17) is 20.7 Å². The van der Waals surface area contributed by atoms with E-state index in [-0.39, 0.29) is 0 Å². The molecule has 294 valence electrons. The summed E-state index contributed by atoms with van der Waals surface area (Å²) in [5.41, 5.74) is 15.1. The van der Waals surface area contributed by atoms with Gasteiger partial charge >= 0.3 is 0 Å². The normalized spacial score (nSPS) is 12.1. The molecule has 62 heavy (non-hydrogen) atoms. The second-order valence-corrected chi connectivity index (χ2v) is 17.0. The molecule has 0 aliphatic carbocycles. The first-order valence-corrected chi connectivity index (χ1v) is 21.2. The van der Waals surface area contributed by atoms with Crippen molar-refractivity contribution in [1.29, 1.82) is 0 Å². The SMILES string of the molecule is [B]C([B])(c1nc2ccccc2n1-c1ccccc1-c1ccc(-c2c3ccccc3c(-c3cccc(C)c3-c3ccccc3C)c3cc(-c4ccccc4)ccc23)cc1)C(C)(C)O. The number of benzene rings is 9. The van der Waals surface area contributed by atoms with Gasteiger partial charge in [-0.15, -0.1) is 0 Å². The zero-order valence-electron chi connectivity index (χ0n) is 35.4. The van der Waals surface area contributed by atoms with Gasteiger partial charge in [-0.1, -0.05) is 164 Å². The van der Waals surface area contributed by atoms with Gasteiger partial charge in [-0.3, -0.25) is 4.57 Å². The smallest absolute Gasteiger partial charge is 0.106 e. The van der Waals surface area contributed by atoms with Crippen molar-refractivity contribution in [2.24, 2.45) is 0 Å². The average molecular weight is 795 g/mol. The molecular formula is C57H44B2N2O. The number of para-hydroxylation sites is 3. The van der Waals surface area contributed by atoms with Crippen LogP contribution in [-0.2, 0) is 5.21 Å². The van der Waals surface area contributed by atoms with Gasteiger partial charge in [-0.25, -0.2) is 4.98 Å². The first kappa shape index (κ1) is 39.2. The molecule has 0 aliphatic rings. The van der Waals surface area contributed by atoms with Gasteiger partial charge in [0.2, 0.25) is 0 Å². The Balaban J connectivity index is 1.20. The summed E-state index contributed by atoms with van der Waals surface area (Å²) in [5.74, 6) is 0.377. The minimum absolute atomic E-state index is 0.377. The van der Waals surface area contributed by atoms with E-state index in [0.29, 0.717) is 5.82 Å². The van der Waals surface area contributed by atoms with E-state index in [0.717, 1.165) is 33.4 Å². The molecule has 10 aromatic rings. The summed E-state index contributed by atoms with van der Waals surface area (Å²) < 4.78 is 2.00. The number of aromatic nitrogens is 2. The Hall–Kier alpha value is -6.94. The van der Waals surface area contributed by atoms with E-state index in [1.54, 1.807) is 13.8 Å². The fourth-order valence-electron chi connectivity index (χ4n) is 9.23. The standard InChI is InChI=1S/C57H44B2N2O/c1-36-17-8-9-21-42(36)52-37(2)18-16-25-47(52)54-45-24-11-10-23-44(45)53(46-34-33-41(35-48(46)54)38-19-6-5-7-20-38)40-31-29-39(30-32-40)43-22-12-14-27-50(43)61-51-28-15-13-26-49(51)60-55(61)57(58,59)56(3,4)62/h5-35,62H,1-4H3. The molecule has 0 saturated heterocycles. The molecule has 0 saturated carbocycles. The van der Waals surface area contributed by atoms with Gasteiger partial charge in [0.15, 0.2) is 0 Å². The number of nitrogens with zero attached hydrogens (tertiary/aromatic N) is 2. The predicted molar refractivity (Wildman–Crippen MR) is 262 cm³/mol. The maximum Gasteiger partial charge on any atom is 0.106 e. The average Bonchev–Trinajstić information content (AvgIpc) is 3.69. The molecule has 0 amide bonds. The molecule has 0 spiro atoms. The zero-order valence-corrected chi connectivity index (χ0v) is 35.4. The molecule has 0 fully saturated rings. The van der Waals surface area contributed by atoms with Crippen molar-refractivity contribution in [3.05, 3.63) is 205 Å². The Kier molecular flexibility index (Phi) is 9.61. The van der Waals surface area contributed by atoms with Crippen molar-refractivity contribution >= 4 is 48.3 Å². The van der Waals surface area contributed by atoms with Gasteiger partial charge in [-0.05, 0) is 140 Å². The Bertz CT molecular complexity index is 3320. The van der Waals surface area contributed by atoms with Crippen molar-refractivity contribution < 1.29 is 5.11 Å². The summed E-state index contributed by atoms with van der Waals surface area (Å²) in [7, 11) is 13.5. The molecule has 1 heterocycles. The van der Waals surface area contributed by atoms with Crippen LogP contribution in [0.5, 0.6) is 0 Å². The lowest BCUT2D eigenvalue weighted by atomic mass is 9.46. The molecule has 0 atom stereocenters. The number of aryl methyl sites for hydroxylation is 2. The highest BCUT2D eigenvalue weighted by Gasteiger charge is 2.40. The highest BCUT2D eigenvalue weighted by atomic mass is 16.3. The van der Waals surface area contributed by atoms with Gasteiger partial charge in [0.25, 0.3) is 0 Å². The van der Waals surface area contributed by atoms with Crippen LogP contribution >= 0.6 is 0 Å². The first-order valence-electron chi connectivity index (χ1n) is 21.2. The molecule has 0 aliphatic heterocycles. The van der Waals surface area contributed by atoms with E-state index < -0.39 is 10.8 Å². The van der Waals surface area contributed by atoms with Crippen LogP contribution in [0.2, 0.25) is 0 Å². The number of fused-ring (bicyclic) bond motifs is 3. The van der Waals surface area contributed by atoms with Crippen LogP contribution in [0.4, 0.5) is 0 Å². The van der Waals surface area contributed by atoms with Crippen molar-refractivity contribution in [2.45, 2.75) is 38.5 Å². The number of imidazole rings is 1. The van der Waals surface area contributed by atoms with Gasteiger partial charge in [-0.2, -0.15) is 0 Å². The highest BCUT2D eigenvalue weighted by molar-refractivity contribution is 6.41. The van der Waals surface area contributed by atoms with Crippen LogP contribution in [0.25, 0.3) is 93.9 Å². The Labute approximate surface area is 366 Å². The minimum atomic E-state index is -1.66. The third-order valence-corrected chi connectivity index (χ3v) is 12.7. The minimum Gasteiger partial charge on any atom is -0.391 e. The van der Waals surface area contributed by atoms with Crippen LogP contribution < -0.4 is 0 Å². The van der Waals surface area contributed by atoms with Crippen molar-refractivity contribution in [3.8, 4) is 61.3 Å². The second kappa shape index (κ2) is 15.2. The lowest BCUT2D eigenvalue weighted by Crippen LogP contribution is -2.50. The molecule has 4 radical (unpaired) electrons. The lowest BCUT2D eigenvalue weighted by Gasteiger charge is -2.38. The molecule has 0 unspecified atom stereocenters. The van der Waals surface area contributed by atoms with Crippen LogP contribution in [0.3, 0.4) is 0 Å². The summed E-state index contributed by atoms with van der Waals surface area (Å²) in [6.07, 6.45) is 0. The molecular weight excluding hydrogens is 750 g/mol. The molecule has 1 aromatic heterocycles. The molecule has 1 N–H and O–H groups in total. The largest absolute Gasteiger partial charge is 0.391 e. The maximum absolute atomic E-state index is 11.2. The van der Waals surface area contributed by atoms with Crippen molar-refractivity contribution in [3.63, 3.8) is 0 Å².